The summed E-state index contributed by atoms with van der Waals surface area (Å²) in [6.45, 7) is 2.97. The molecule has 5 heteroatoms. The highest BCUT2D eigenvalue weighted by molar-refractivity contribution is 7.13. The van der Waals surface area contributed by atoms with Crippen LogP contribution < -0.4 is 4.90 Å². The van der Waals surface area contributed by atoms with E-state index in [0.717, 1.165) is 30.9 Å². The molecule has 2 atom stereocenters. The van der Waals surface area contributed by atoms with Gasteiger partial charge in [-0.15, -0.1) is 11.3 Å². The van der Waals surface area contributed by atoms with E-state index < -0.39 is 5.97 Å². The number of aromatic nitrogens is 1. The minimum absolute atomic E-state index is 0.0948. The molecule has 2 rings (SSSR count). The molecule has 4 nitrogen and oxygen atoms in total. The molecular formula is C11H16N2O2S. The molecule has 1 aromatic heterocycles. The van der Waals surface area contributed by atoms with E-state index in [1.54, 1.807) is 17.5 Å². The molecular weight excluding hydrogens is 224 g/mol. The number of carbonyl (C=O) groups is 1. The lowest BCUT2D eigenvalue weighted by Gasteiger charge is -2.39. The summed E-state index contributed by atoms with van der Waals surface area (Å²) in [5, 5.41) is 12.1. The molecule has 88 valence electrons. The Hall–Kier alpha value is -1.10. The Balaban J connectivity index is 2.21. The minimum atomic E-state index is -0.673. The largest absolute Gasteiger partial charge is 0.481 e. The molecule has 0 bridgehead atoms. The summed E-state index contributed by atoms with van der Waals surface area (Å²) < 4.78 is 0. The summed E-state index contributed by atoms with van der Waals surface area (Å²) in [6, 6.07) is 0.0948. The molecule has 16 heavy (non-hydrogen) atoms. The molecule has 1 N–H and O–H groups in total. The van der Waals surface area contributed by atoms with Gasteiger partial charge in [-0.1, -0.05) is 6.92 Å². The first-order valence-corrected chi connectivity index (χ1v) is 6.51. The molecule has 1 aromatic rings. The van der Waals surface area contributed by atoms with Crippen molar-refractivity contribution in [1.29, 1.82) is 0 Å². The number of anilines is 1. The first-order valence-electron chi connectivity index (χ1n) is 5.63. The molecule has 0 aliphatic carbocycles. The van der Waals surface area contributed by atoms with Crippen molar-refractivity contribution < 1.29 is 9.90 Å². The van der Waals surface area contributed by atoms with E-state index >= 15 is 0 Å². The number of carboxylic acid groups (broad SMARTS) is 1. The second kappa shape index (κ2) is 4.82. The predicted octanol–water partition coefficient (Wildman–Crippen LogP) is 2.22. The van der Waals surface area contributed by atoms with Gasteiger partial charge in [0.2, 0.25) is 0 Å². The van der Waals surface area contributed by atoms with Crippen LogP contribution >= 0.6 is 11.3 Å². The average molecular weight is 240 g/mol. The topological polar surface area (TPSA) is 53.4 Å². The summed E-state index contributed by atoms with van der Waals surface area (Å²) in [4.78, 5) is 17.6. The monoisotopic (exact) mass is 240 g/mol. The Kier molecular flexibility index (Phi) is 3.43. The van der Waals surface area contributed by atoms with Crippen molar-refractivity contribution in [2.45, 2.75) is 32.2 Å². The van der Waals surface area contributed by atoms with Crippen molar-refractivity contribution in [2.24, 2.45) is 5.92 Å². The third-order valence-electron chi connectivity index (χ3n) is 3.18. The Morgan fingerprint density at radius 1 is 1.75 bits per heavy atom. The molecule has 0 radical (unpaired) electrons. The number of rotatable bonds is 3. The highest BCUT2D eigenvalue weighted by atomic mass is 32.1. The molecule has 0 amide bonds. The van der Waals surface area contributed by atoms with Gasteiger partial charge in [0, 0.05) is 24.2 Å². The van der Waals surface area contributed by atoms with Crippen LogP contribution in [0.1, 0.15) is 26.2 Å². The van der Waals surface area contributed by atoms with Gasteiger partial charge < -0.3 is 10.0 Å². The first-order chi connectivity index (χ1) is 7.74. The number of thiazole rings is 1. The van der Waals surface area contributed by atoms with E-state index in [1.165, 1.54) is 0 Å². The van der Waals surface area contributed by atoms with Crippen molar-refractivity contribution in [3.05, 3.63) is 11.6 Å². The van der Waals surface area contributed by atoms with Crippen molar-refractivity contribution in [2.75, 3.05) is 11.4 Å². The van der Waals surface area contributed by atoms with Crippen LogP contribution in [0.3, 0.4) is 0 Å². The zero-order chi connectivity index (χ0) is 11.5. The maximum Gasteiger partial charge on any atom is 0.308 e. The van der Waals surface area contributed by atoms with Gasteiger partial charge in [0.25, 0.3) is 0 Å². The third kappa shape index (κ3) is 2.04. The van der Waals surface area contributed by atoms with Crippen molar-refractivity contribution in [3.8, 4) is 0 Å². The van der Waals surface area contributed by atoms with Gasteiger partial charge in [-0.3, -0.25) is 4.79 Å². The summed E-state index contributed by atoms with van der Waals surface area (Å²) in [5.41, 5.74) is 0. The lowest BCUT2D eigenvalue weighted by molar-refractivity contribution is -0.143. The third-order valence-corrected chi connectivity index (χ3v) is 3.99. The van der Waals surface area contributed by atoms with Crippen LogP contribution in [-0.4, -0.2) is 28.6 Å². The summed E-state index contributed by atoms with van der Waals surface area (Å²) in [5.74, 6) is -0.921. The fourth-order valence-electron chi connectivity index (χ4n) is 2.45. The smallest absolute Gasteiger partial charge is 0.308 e. The van der Waals surface area contributed by atoms with Crippen molar-refractivity contribution >= 4 is 22.4 Å². The van der Waals surface area contributed by atoms with Crippen molar-refractivity contribution in [1.82, 2.24) is 4.98 Å². The zero-order valence-electron chi connectivity index (χ0n) is 9.30. The van der Waals surface area contributed by atoms with E-state index in [2.05, 4.69) is 9.88 Å². The highest BCUT2D eigenvalue weighted by Crippen LogP contribution is 2.31. The second-order valence-electron chi connectivity index (χ2n) is 4.07. The van der Waals surface area contributed by atoms with Crippen LogP contribution in [0, 0.1) is 5.92 Å². The van der Waals surface area contributed by atoms with Gasteiger partial charge in [-0.05, 0) is 19.3 Å². The zero-order valence-corrected chi connectivity index (χ0v) is 10.1. The van der Waals surface area contributed by atoms with Crippen LogP contribution in [0.4, 0.5) is 5.13 Å². The van der Waals surface area contributed by atoms with Crippen LogP contribution in [-0.2, 0) is 4.79 Å². The minimum Gasteiger partial charge on any atom is -0.481 e. The van der Waals surface area contributed by atoms with Crippen LogP contribution in [0.2, 0.25) is 0 Å². The van der Waals surface area contributed by atoms with E-state index in [4.69, 9.17) is 0 Å². The quantitative estimate of drug-likeness (QED) is 0.880. The van der Waals surface area contributed by atoms with Crippen LogP contribution in [0.15, 0.2) is 11.6 Å². The Morgan fingerprint density at radius 2 is 2.56 bits per heavy atom. The number of nitrogens with zero attached hydrogens (tertiary/aromatic N) is 2. The number of hydrogen-bond acceptors (Lipinski definition) is 4. The highest BCUT2D eigenvalue weighted by Gasteiger charge is 2.35. The van der Waals surface area contributed by atoms with Gasteiger partial charge in [-0.25, -0.2) is 4.98 Å². The molecule has 1 aliphatic rings. The van der Waals surface area contributed by atoms with Gasteiger partial charge >= 0.3 is 5.97 Å². The average Bonchev–Trinajstić information content (AvgIpc) is 2.81. The van der Waals surface area contributed by atoms with Crippen LogP contribution in [0.5, 0.6) is 0 Å². The summed E-state index contributed by atoms with van der Waals surface area (Å²) >= 11 is 1.58. The van der Waals surface area contributed by atoms with Gasteiger partial charge in [0.05, 0.1) is 5.92 Å². The van der Waals surface area contributed by atoms with Crippen molar-refractivity contribution in [3.63, 3.8) is 0 Å². The maximum absolute atomic E-state index is 11.2. The van der Waals surface area contributed by atoms with E-state index in [1.807, 2.05) is 12.3 Å². The molecule has 0 saturated carbocycles. The standard InChI is InChI=1S/C11H16N2O2S/c1-2-9-8(10(14)15)4-3-6-13(9)11-12-5-7-16-11/h5,7-9H,2-4,6H2,1H3,(H,14,15)/t8-,9+/m0/s1. The molecule has 1 aliphatic heterocycles. The number of aliphatic carboxylic acids is 1. The normalized spacial score (nSPS) is 25.7. The van der Waals surface area contributed by atoms with Gasteiger partial charge in [-0.2, -0.15) is 0 Å². The number of hydrogen-bond donors (Lipinski definition) is 1. The SMILES string of the molecule is CC[C@@H]1[C@@H](C(=O)O)CCCN1c1nccs1. The summed E-state index contributed by atoms with van der Waals surface area (Å²) in [7, 11) is 0. The number of piperidine rings is 1. The Bertz CT molecular complexity index is 353. The molecule has 2 heterocycles. The van der Waals surface area contributed by atoms with E-state index in [-0.39, 0.29) is 12.0 Å². The van der Waals surface area contributed by atoms with Gasteiger partial charge in [0.15, 0.2) is 5.13 Å². The summed E-state index contributed by atoms with van der Waals surface area (Å²) in [6.07, 6.45) is 4.36. The van der Waals surface area contributed by atoms with E-state index in [0.29, 0.717) is 0 Å². The maximum atomic E-state index is 11.2. The molecule has 0 aromatic carbocycles. The predicted molar refractivity (Wildman–Crippen MR) is 63.9 cm³/mol. The first kappa shape index (κ1) is 11.4. The second-order valence-corrected chi connectivity index (χ2v) is 4.94. The lowest BCUT2D eigenvalue weighted by Crippen LogP contribution is -2.47. The lowest BCUT2D eigenvalue weighted by atomic mass is 9.88. The fourth-order valence-corrected chi connectivity index (χ4v) is 3.17. The van der Waals surface area contributed by atoms with E-state index in [9.17, 15) is 9.90 Å². The molecule has 0 unspecified atom stereocenters. The number of carboxylic acids is 1. The molecule has 1 saturated heterocycles. The molecule has 1 fully saturated rings. The fraction of sp³-hybridized carbons (Fsp3) is 0.636. The Labute approximate surface area is 98.9 Å². The van der Waals surface area contributed by atoms with Gasteiger partial charge in [0.1, 0.15) is 0 Å². The molecule has 0 spiro atoms. The van der Waals surface area contributed by atoms with Crippen LogP contribution in [0.25, 0.3) is 0 Å². The Morgan fingerprint density at radius 3 is 3.12 bits per heavy atom.